The second-order valence-corrected chi connectivity index (χ2v) is 5.32. The number of hydrogen-bond acceptors (Lipinski definition) is 3. The zero-order valence-corrected chi connectivity index (χ0v) is 13.0. The third-order valence-corrected chi connectivity index (χ3v) is 3.79. The molecule has 0 unspecified atom stereocenters. The van der Waals surface area contributed by atoms with Crippen LogP contribution in [0.5, 0.6) is 5.75 Å². The van der Waals surface area contributed by atoms with Crippen LogP contribution < -0.4 is 10.2 Å². The predicted molar refractivity (Wildman–Crippen MR) is 88.6 cm³/mol. The van der Waals surface area contributed by atoms with Crippen molar-refractivity contribution in [3.05, 3.63) is 63.8 Å². The highest BCUT2D eigenvalue weighted by molar-refractivity contribution is 5.83. The van der Waals surface area contributed by atoms with E-state index in [1.165, 1.54) is 0 Å². The van der Waals surface area contributed by atoms with Gasteiger partial charge in [-0.1, -0.05) is 30.3 Å². The first kappa shape index (κ1) is 14.4. The molecule has 0 N–H and O–H groups in total. The van der Waals surface area contributed by atoms with Gasteiger partial charge >= 0.3 is 0 Å². The Hall–Kier alpha value is -2.55. The Balaban J connectivity index is 2.38. The van der Waals surface area contributed by atoms with Crippen LogP contribution in [0.2, 0.25) is 0 Å². The number of benzene rings is 2. The second-order valence-electron chi connectivity index (χ2n) is 5.32. The molecule has 3 nitrogen and oxygen atoms in total. The summed E-state index contributed by atoms with van der Waals surface area (Å²) < 4.78 is 11.6. The van der Waals surface area contributed by atoms with Gasteiger partial charge in [0.1, 0.15) is 5.58 Å². The first-order valence-corrected chi connectivity index (χ1v) is 7.38. The van der Waals surface area contributed by atoms with Gasteiger partial charge in [0.25, 0.3) is 0 Å². The van der Waals surface area contributed by atoms with Crippen molar-refractivity contribution in [1.82, 2.24) is 0 Å². The maximum atomic E-state index is 12.8. The van der Waals surface area contributed by atoms with Gasteiger partial charge < -0.3 is 9.15 Å². The van der Waals surface area contributed by atoms with Crippen LogP contribution in [0.25, 0.3) is 22.3 Å². The normalized spacial score (nSPS) is 10.9. The van der Waals surface area contributed by atoms with E-state index in [1.54, 1.807) is 0 Å². The van der Waals surface area contributed by atoms with Crippen molar-refractivity contribution >= 4 is 11.0 Å². The van der Waals surface area contributed by atoms with Crippen molar-refractivity contribution in [3.63, 3.8) is 0 Å². The summed E-state index contributed by atoms with van der Waals surface area (Å²) in [6.07, 6.45) is 0. The molecule has 0 spiro atoms. The second kappa shape index (κ2) is 5.68. The molecule has 0 fully saturated rings. The quantitative estimate of drug-likeness (QED) is 0.715. The number of aryl methyl sites for hydroxylation is 2. The maximum absolute atomic E-state index is 12.8. The van der Waals surface area contributed by atoms with Gasteiger partial charge in [-0.25, -0.2) is 0 Å². The van der Waals surface area contributed by atoms with Crippen LogP contribution in [-0.4, -0.2) is 6.61 Å². The largest absolute Gasteiger partial charge is 0.487 e. The molecular formula is C19H18O3. The average molecular weight is 294 g/mol. The van der Waals surface area contributed by atoms with E-state index < -0.39 is 0 Å². The summed E-state index contributed by atoms with van der Waals surface area (Å²) in [5.41, 5.74) is 3.47. The number of ether oxygens (including phenoxy) is 1. The monoisotopic (exact) mass is 294 g/mol. The van der Waals surface area contributed by atoms with Crippen molar-refractivity contribution in [2.24, 2.45) is 0 Å². The van der Waals surface area contributed by atoms with Crippen molar-refractivity contribution in [3.8, 4) is 17.1 Å². The van der Waals surface area contributed by atoms with Gasteiger partial charge in [0.15, 0.2) is 5.76 Å². The van der Waals surface area contributed by atoms with Crippen LogP contribution in [0.4, 0.5) is 0 Å². The van der Waals surface area contributed by atoms with Gasteiger partial charge in [0, 0.05) is 5.56 Å². The predicted octanol–water partition coefficient (Wildman–Crippen LogP) is 4.48. The Bertz CT molecular complexity index is 877. The fourth-order valence-corrected chi connectivity index (χ4v) is 2.49. The Morgan fingerprint density at radius 1 is 1.05 bits per heavy atom. The topological polar surface area (TPSA) is 39.4 Å². The minimum atomic E-state index is -0.120. The van der Waals surface area contributed by atoms with Crippen LogP contribution in [0.15, 0.2) is 51.7 Å². The summed E-state index contributed by atoms with van der Waals surface area (Å²) in [6.45, 7) is 6.27. The van der Waals surface area contributed by atoms with Crippen LogP contribution in [0, 0.1) is 13.8 Å². The van der Waals surface area contributed by atoms with E-state index in [2.05, 4.69) is 0 Å². The molecule has 1 heterocycles. The molecule has 0 saturated carbocycles. The van der Waals surface area contributed by atoms with Gasteiger partial charge in [-0.2, -0.15) is 0 Å². The lowest BCUT2D eigenvalue weighted by atomic mass is 10.0. The van der Waals surface area contributed by atoms with Gasteiger partial charge in [-0.3, -0.25) is 4.79 Å². The fourth-order valence-electron chi connectivity index (χ4n) is 2.49. The molecular weight excluding hydrogens is 276 g/mol. The van der Waals surface area contributed by atoms with Crippen LogP contribution in [-0.2, 0) is 0 Å². The first-order valence-electron chi connectivity index (χ1n) is 7.38. The van der Waals surface area contributed by atoms with Crippen molar-refractivity contribution in [2.45, 2.75) is 20.8 Å². The van der Waals surface area contributed by atoms with Crippen LogP contribution in [0.1, 0.15) is 18.1 Å². The van der Waals surface area contributed by atoms with Crippen molar-refractivity contribution < 1.29 is 9.15 Å². The Kier molecular flexibility index (Phi) is 3.72. The lowest BCUT2D eigenvalue weighted by molar-refractivity contribution is 0.330. The molecule has 0 saturated heterocycles. The minimum absolute atomic E-state index is 0.120. The molecule has 0 radical (unpaired) electrons. The highest BCUT2D eigenvalue weighted by Crippen LogP contribution is 2.31. The zero-order chi connectivity index (χ0) is 15.7. The molecule has 0 amide bonds. The molecule has 1 aromatic heterocycles. The smallest absolute Gasteiger partial charge is 0.235 e. The number of rotatable bonds is 3. The fraction of sp³-hybridized carbons (Fsp3) is 0.211. The third-order valence-electron chi connectivity index (χ3n) is 3.79. The molecule has 0 aliphatic rings. The average Bonchev–Trinajstić information content (AvgIpc) is 2.53. The Morgan fingerprint density at radius 2 is 1.73 bits per heavy atom. The summed E-state index contributed by atoms with van der Waals surface area (Å²) >= 11 is 0. The Morgan fingerprint density at radius 3 is 2.41 bits per heavy atom. The minimum Gasteiger partial charge on any atom is -0.487 e. The molecule has 112 valence electrons. The van der Waals surface area contributed by atoms with Crippen molar-refractivity contribution in [1.29, 1.82) is 0 Å². The van der Waals surface area contributed by atoms with Crippen LogP contribution >= 0.6 is 0 Å². The van der Waals surface area contributed by atoms with E-state index in [9.17, 15) is 4.79 Å². The highest BCUT2D eigenvalue weighted by Gasteiger charge is 2.17. The summed E-state index contributed by atoms with van der Waals surface area (Å²) in [5, 5.41) is 0.561. The first-order chi connectivity index (χ1) is 10.6. The number of hydrogen-bond donors (Lipinski definition) is 0. The lowest BCUT2D eigenvalue weighted by Crippen LogP contribution is -2.10. The Labute approximate surface area is 129 Å². The molecule has 0 aliphatic heterocycles. The third kappa shape index (κ3) is 2.39. The van der Waals surface area contributed by atoms with Gasteiger partial charge in [-0.05, 0) is 44.0 Å². The number of fused-ring (bicyclic) bond motifs is 1. The van der Waals surface area contributed by atoms with E-state index in [0.29, 0.717) is 23.3 Å². The van der Waals surface area contributed by atoms with Crippen molar-refractivity contribution in [2.75, 3.05) is 6.61 Å². The summed E-state index contributed by atoms with van der Waals surface area (Å²) in [4.78, 5) is 12.8. The van der Waals surface area contributed by atoms with Crippen LogP contribution in [0.3, 0.4) is 0 Å². The zero-order valence-electron chi connectivity index (χ0n) is 13.0. The van der Waals surface area contributed by atoms with Gasteiger partial charge in [0.05, 0.1) is 12.0 Å². The van der Waals surface area contributed by atoms with E-state index in [1.807, 2.05) is 63.2 Å². The standard InChI is InChI=1S/C19H18O3/c1-4-21-19-17(20)15-10-12(2)13(3)11-16(15)22-18(19)14-8-6-5-7-9-14/h5-11H,4H2,1-3H3. The summed E-state index contributed by atoms with van der Waals surface area (Å²) in [6, 6.07) is 13.4. The van der Waals surface area contributed by atoms with E-state index >= 15 is 0 Å². The van der Waals surface area contributed by atoms with Gasteiger partial charge in [0.2, 0.25) is 11.2 Å². The molecule has 0 atom stereocenters. The summed E-state index contributed by atoms with van der Waals surface area (Å²) in [5.74, 6) is 0.771. The van der Waals surface area contributed by atoms with E-state index in [-0.39, 0.29) is 11.2 Å². The molecule has 0 bridgehead atoms. The maximum Gasteiger partial charge on any atom is 0.235 e. The molecule has 3 aromatic rings. The highest BCUT2D eigenvalue weighted by atomic mass is 16.5. The molecule has 2 aromatic carbocycles. The molecule has 3 rings (SSSR count). The SMILES string of the molecule is CCOc1c(-c2ccccc2)oc2cc(C)c(C)cc2c1=O. The van der Waals surface area contributed by atoms with E-state index in [4.69, 9.17) is 9.15 Å². The van der Waals surface area contributed by atoms with Gasteiger partial charge in [-0.15, -0.1) is 0 Å². The summed E-state index contributed by atoms with van der Waals surface area (Å²) in [7, 11) is 0. The van der Waals surface area contributed by atoms with E-state index in [0.717, 1.165) is 16.7 Å². The molecule has 3 heteroatoms. The molecule has 22 heavy (non-hydrogen) atoms. The lowest BCUT2D eigenvalue weighted by Gasteiger charge is -2.11. The molecule has 0 aliphatic carbocycles.